The van der Waals surface area contributed by atoms with Gasteiger partial charge in [-0.15, -0.1) is 0 Å². The van der Waals surface area contributed by atoms with Crippen LogP contribution in [0.4, 0.5) is 0 Å². The van der Waals surface area contributed by atoms with Crippen molar-refractivity contribution in [1.29, 1.82) is 0 Å². The van der Waals surface area contributed by atoms with Crippen LogP contribution in [0, 0.1) is 0 Å². The van der Waals surface area contributed by atoms with Crippen molar-refractivity contribution in [2.45, 2.75) is 12.5 Å². The van der Waals surface area contributed by atoms with Gasteiger partial charge in [-0.1, -0.05) is 12.1 Å². The van der Waals surface area contributed by atoms with Crippen molar-refractivity contribution in [1.82, 2.24) is 5.32 Å². The van der Waals surface area contributed by atoms with Gasteiger partial charge >= 0.3 is 5.97 Å². The molecule has 2 N–H and O–H groups in total. The Labute approximate surface area is 105 Å². The minimum Gasteiger partial charge on any atom is -0.493 e. The van der Waals surface area contributed by atoms with Crippen molar-refractivity contribution >= 4 is 12.4 Å². The highest BCUT2D eigenvalue weighted by Gasteiger charge is 2.16. The third-order valence-corrected chi connectivity index (χ3v) is 2.30. The van der Waals surface area contributed by atoms with Gasteiger partial charge in [-0.3, -0.25) is 4.79 Å². The third kappa shape index (κ3) is 3.97. The lowest BCUT2D eigenvalue weighted by Gasteiger charge is -2.13. The van der Waals surface area contributed by atoms with E-state index in [0.717, 1.165) is 0 Å². The molecular weight excluding hydrogens is 238 g/mol. The number of methoxy groups -OCH3 is 1. The van der Waals surface area contributed by atoms with E-state index < -0.39 is 12.0 Å². The van der Waals surface area contributed by atoms with Crippen LogP contribution in [0.2, 0.25) is 0 Å². The molecule has 1 atom stereocenters. The summed E-state index contributed by atoms with van der Waals surface area (Å²) in [6.45, 7) is 0.165. The molecule has 0 spiro atoms. The number of rotatable bonds is 8. The first-order valence-electron chi connectivity index (χ1n) is 5.37. The van der Waals surface area contributed by atoms with Crippen molar-refractivity contribution < 1.29 is 24.2 Å². The zero-order valence-corrected chi connectivity index (χ0v) is 9.96. The van der Waals surface area contributed by atoms with Gasteiger partial charge < -0.3 is 19.9 Å². The summed E-state index contributed by atoms with van der Waals surface area (Å²) in [6, 6.07) is 6.11. The predicted molar refractivity (Wildman–Crippen MR) is 63.7 cm³/mol. The summed E-state index contributed by atoms with van der Waals surface area (Å²) in [5.41, 5.74) is 0. The van der Waals surface area contributed by atoms with Crippen LogP contribution >= 0.6 is 0 Å². The number of aliphatic carboxylic acids is 1. The van der Waals surface area contributed by atoms with Gasteiger partial charge in [0.1, 0.15) is 6.04 Å². The van der Waals surface area contributed by atoms with Crippen LogP contribution in [-0.2, 0) is 9.59 Å². The molecule has 0 saturated heterocycles. The Morgan fingerprint density at radius 3 is 2.67 bits per heavy atom. The zero-order chi connectivity index (χ0) is 13.4. The summed E-state index contributed by atoms with van der Waals surface area (Å²) in [4.78, 5) is 21.0. The molecule has 0 aromatic heterocycles. The number of carboxylic acid groups (broad SMARTS) is 1. The average Bonchev–Trinajstić information content (AvgIpc) is 2.38. The smallest absolute Gasteiger partial charge is 0.326 e. The minimum absolute atomic E-state index is 0.165. The fourth-order valence-corrected chi connectivity index (χ4v) is 1.39. The van der Waals surface area contributed by atoms with Crippen molar-refractivity contribution in [3.63, 3.8) is 0 Å². The Morgan fingerprint density at radius 1 is 1.44 bits per heavy atom. The molecule has 18 heavy (non-hydrogen) atoms. The van der Waals surface area contributed by atoms with Crippen molar-refractivity contribution in [2.75, 3.05) is 13.7 Å². The van der Waals surface area contributed by atoms with E-state index in [4.69, 9.17) is 14.6 Å². The molecule has 1 rings (SSSR count). The predicted octanol–water partition coefficient (Wildman–Crippen LogP) is 0.663. The molecule has 0 heterocycles. The highest BCUT2D eigenvalue weighted by molar-refractivity contribution is 5.76. The lowest BCUT2D eigenvalue weighted by atomic mass is 10.2. The lowest BCUT2D eigenvalue weighted by molar-refractivity contribution is -0.140. The van der Waals surface area contributed by atoms with Crippen molar-refractivity contribution in [3.8, 4) is 11.5 Å². The first-order chi connectivity index (χ1) is 8.69. The van der Waals surface area contributed by atoms with E-state index in [1.807, 2.05) is 0 Å². The SMILES string of the molecule is COc1ccccc1OCCC(NC=O)C(=O)O. The number of carbonyl (C=O) groups excluding carboxylic acids is 1. The average molecular weight is 253 g/mol. The Bertz CT molecular complexity index is 407. The van der Waals surface area contributed by atoms with Gasteiger partial charge in [0.25, 0.3) is 0 Å². The van der Waals surface area contributed by atoms with E-state index >= 15 is 0 Å². The first-order valence-corrected chi connectivity index (χ1v) is 5.37. The summed E-state index contributed by atoms with van der Waals surface area (Å²) in [5.74, 6) is 0.0219. The van der Waals surface area contributed by atoms with E-state index in [9.17, 15) is 9.59 Å². The monoisotopic (exact) mass is 253 g/mol. The summed E-state index contributed by atoms with van der Waals surface area (Å²) >= 11 is 0. The van der Waals surface area contributed by atoms with Crippen LogP contribution < -0.4 is 14.8 Å². The van der Waals surface area contributed by atoms with Crippen LogP contribution in [0.15, 0.2) is 24.3 Å². The number of carbonyl (C=O) groups is 2. The number of para-hydroxylation sites is 2. The molecular formula is C12H15NO5. The van der Waals surface area contributed by atoms with Gasteiger partial charge in [0.15, 0.2) is 11.5 Å². The molecule has 0 aliphatic heterocycles. The van der Waals surface area contributed by atoms with Gasteiger partial charge in [-0.05, 0) is 12.1 Å². The Balaban J connectivity index is 2.49. The number of ether oxygens (including phenoxy) is 2. The van der Waals surface area contributed by atoms with E-state index in [1.165, 1.54) is 7.11 Å². The Kier molecular flexibility index (Phi) is 5.50. The second-order valence-electron chi connectivity index (χ2n) is 3.46. The van der Waals surface area contributed by atoms with Gasteiger partial charge in [0.2, 0.25) is 6.41 Å². The minimum atomic E-state index is -1.09. The largest absolute Gasteiger partial charge is 0.493 e. The second kappa shape index (κ2) is 7.16. The van der Waals surface area contributed by atoms with Gasteiger partial charge in [-0.2, -0.15) is 0 Å². The molecule has 6 nitrogen and oxygen atoms in total. The molecule has 98 valence electrons. The summed E-state index contributed by atoms with van der Waals surface area (Å²) in [6.07, 6.45) is 0.536. The van der Waals surface area contributed by atoms with Gasteiger partial charge in [0.05, 0.1) is 13.7 Å². The van der Waals surface area contributed by atoms with E-state index in [2.05, 4.69) is 5.32 Å². The van der Waals surface area contributed by atoms with Crippen molar-refractivity contribution in [3.05, 3.63) is 24.3 Å². The molecule has 1 aromatic rings. The molecule has 1 amide bonds. The number of nitrogens with one attached hydrogen (secondary N) is 1. The molecule has 1 aromatic carbocycles. The van der Waals surface area contributed by atoms with Crippen molar-refractivity contribution in [2.24, 2.45) is 0 Å². The molecule has 1 unspecified atom stereocenters. The fraction of sp³-hybridized carbons (Fsp3) is 0.333. The third-order valence-electron chi connectivity index (χ3n) is 2.30. The summed E-state index contributed by atoms with van der Waals surface area (Å²) < 4.78 is 10.5. The molecule has 0 aliphatic rings. The highest BCUT2D eigenvalue weighted by Crippen LogP contribution is 2.25. The number of hydrogen-bond donors (Lipinski definition) is 2. The normalized spacial score (nSPS) is 11.4. The van der Waals surface area contributed by atoms with Gasteiger partial charge in [-0.25, -0.2) is 4.79 Å². The van der Waals surface area contributed by atoms with Crippen LogP contribution in [0.25, 0.3) is 0 Å². The van der Waals surface area contributed by atoms with E-state index in [0.29, 0.717) is 17.9 Å². The summed E-state index contributed by atoms with van der Waals surface area (Å²) in [7, 11) is 1.52. The zero-order valence-electron chi connectivity index (χ0n) is 9.96. The lowest BCUT2D eigenvalue weighted by Crippen LogP contribution is -2.36. The first kappa shape index (κ1) is 13.8. The highest BCUT2D eigenvalue weighted by atomic mass is 16.5. The Hall–Kier alpha value is -2.24. The quantitative estimate of drug-likeness (QED) is 0.665. The number of amides is 1. The van der Waals surface area contributed by atoms with Crippen LogP contribution in [0.5, 0.6) is 11.5 Å². The maximum atomic E-state index is 10.8. The van der Waals surface area contributed by atoms with Crippen LogP contribution in [0.1, 0.15) is 6.42 Å². The fourth-order valence-electron chi connectivity index (χ4n) is 1.39. The number of hydrogen-bond acceptors (Lipinski definition) is 4. The molecule has 0 bridgehead atoms. The maximum absolute atomic E-state index is 10.8. The topological polar surface area (TPSA) is 84.9 Å². The summed E-state index contributed by atoms with van der Waals surface area (Å²) in [5, 5.41) is 11.0. The molecule has 0 fully saturated rings. The number of carboxylic acids is 1. The van der Waals surface area contributed by atoms with Crippen LogP contribution in [-0.4, -0.2) is 37.2 Å². The standard InChI is InChI=1S/C12H15NO5/c1-17-10-4-2-3-5-11(10)18-7-6-9(12(15)16)13-8-14/h2-5,8-9H,6-7H2,1H3,(H,13,14)(H,15,16). The molecule has 0 aliphatic carbocycles. The second-order valence-corrected chi connectivity index (χ2v) is 3.46. The molecule has 6 heteroatoms. The van der Waals surface area contributed by atoms with Gasteiger partial charge in [0, 0.05) is 6.42 Å². The van der Waals surface area contributed by atoms with E-state index in [1.54, 1.807) is 24.3 Å². The van der Waals surface area contributed by atoms with Crippen LogP contribution in [0.3, 0.4) is 0 Å². The van der Waals surface area contributed by atoms with E-state index in [-0.39, 0.29) is 13.0 Å². The maximum Gasteiger partial charge on any atom is 0.326 e. The molecule has 0 saturated carbocycles. The molecule has 0 radical (unpaired) electrons. The Morgan fingerprint density at radius 2 is 2.11 bits per heavy atom. The number of benzene rings is 1.